The van der Waals surface area contributed by atoms with Crippen LogP contribution in [-0.4, -0.2) is 34.0 Å². The van der Waals surface area contributed by atoms with Gasteiger partial charge in [0.1, 0.15) is 11.0 Å². The van der Waals surface area contributed by atoms with Crippen molar-refractivity contribution in [3.63, 3.8) is 0 Å². The number of benzene rings is 2. The van der Waals surface area contributed by atoms with Crippen molar-refractivity contribution in [3.8, 4) is 0 Å². The van der Waals surface area contributed by atoms with Gasteiger partial charge in [-0.25, -0.2) is 0 Å². The Bertz CT molecular complexity index is 1080. The lowest BCUT2D eigenvalue weighted by Gasteiger charge is -2.13. The molecule has 0 saturated carbocycles. The molecule has 3 aromatic rings. The van der Waals surface area contributed by atoms with Crippen molar-refractivity contribution in [3.05, 3.63) is 70.7 Å². The van der Waals surface area contributed by atoms with E-state index in [2.05, 4.69) is 26.1 Å². The number of amides is 3. The maximum absolute atomic E-state index is 12.4. The van der Waals surface area contributed by atoms with Gasteiger partial charge in [0.15, 0.2) is 0 Å². The summed E-state index contributed by atoms with van der Waals surface area (Å²) in [5.74, 6) is -1.27. The number of carbonyl (C=O) groups excluding carboxylic acids is 3. The molecule has 3 amide bonds. The van der Waals surface area contributed by atoms with E-state index in [1.807, 2.05) is 30.3 Å². The second-order valence-corrected chi connectivity index (χ2v) is 7.86. The topological polar surface area (TPSA) is 113 Å². The van der Waals surface area contributed by atoms with Crippen LogP contribution < -0.4 is 16.0 Å². The first kappa shape index (κ1) is 19.7. The molecule has 2 heterocycles. The highest BCUT2D eigenvalue weighted by atomic mass is 32.1. The van der Waals surface area contributed by atoms with Crippen LogP contribution in [0.3, 0.4) is 0 Å². The number of anilines is 2. The molecule has 1 aromatic heterocycles. The lowest BCUT2D eigenvalue weighted by molar-refractivity contribution is -0.122. The molecule has 0 spiro atoms. The summed E-state index contributed by atoms with van der Waals surface area (Å²) in [4.78, 5) is 37.1. The Labute approximate surface area is 176 Å². The summed E-state index contributed by atoms with van der Waals surface area (Å²) in [6.07, 6.45) is 1.35. The summed E-state index contributed by atoms with van der Waals surface area (Å²) in [5.41, 5.74) is 1.99. The summed E-state index contributed by atoms with van der Waals surface area (Å²) in [6.45, 7) is 0. The number of rotatable bonds is 6. The molecule has 8 nitrogen and oxygen atoms in total. The fraction of sp³-hybridized carbons (Fsp3) is 0.190. The Morgan fingerprint density at radius 1 is 1.00 bits per heavy atom. The van der Waals surface area contributed by atoms with Gasteiger partial charge in [-0.1, -0.05) is 53.8 Å². The average molecular weight is 421 g/mol. The molecular weight excluding hydrogens is 402 g/mol. The quantitative estimate of drug-likeness (QED) is 0.566. The van der Waals surface area contributed by atoms with E-state index in [4.69, 9.17) is 0 Å². The summed E-state index contributed by atoms with van der Waals surface area (Å²) in [7, 11) is 0. The monoisotopic (exact) mass is 421 g/mol. The van der Waals surface area contributed by atoms with Gasteiger partial charge in [0, 0.05) is 6.42 Å². The third kappa shape index (κ3) is 4.69. The van der Waals surface area contributed by atoms with Crippen molar-refractivity contribution in [2.24, 2.45) is 0 Å². The maximum Gasteiger partial charge on any atom is 0.254 e. The second kappa shape index (κ2) is 8.83. The number of nitrogens with one attached hydrogen (secondary N) is 3. The van der Waals surface area contributed by atoms with Gasteiger partial charge in [-0.05, 0) is 24.1 Å². The molecule has 1 atom stereocenters. The molecule has 0 radical (unpaired) electrons. The second-order valence-electron chi connectivity index (χ2n) is 6.80. The zero-order valence-electron chi connectivity index (χ0n) is 15.9. The van der Waals surface area contributed by atoms with Crippen LogP contribution in [0.15, 0.2) is 54.6 Å². The number of nitrogens with zero attached hydrogens (tertiary/aromatic N) is 2. The number of hydrogen-bond donors (Lipinski definition) is 3. The molecule has 1 aliphatic heterocycles. The zero-order chi connectivity index (χ0) is 20.9. The van der Waals surface area contributed by atoms with E-state index in [1.54, 1.807) is 24.3 Å². The van der Waals surface area contributed by atoms with Crippen LogP contribution in [0.4, 0.5) is 10.8 Å². The van der Waals surface area contributed by atoms with Gasteiger partial charge in [-0.2, -0.15) is 0 Å². The molecule has 0 aliphatic carbocycles. The molecule has 0 saturated heterocycles. The predicted octanol–water partition coefficient (Wildman–Crippen LogP) is 2.40. The number of hydrogen-bond acceptors (Lipinski definition) is 6. The minimum absolute atomic E-state index is 0.204. The Hall–Kier alpha value is -3.59. The molecule has 0 unspecified atom stereocenters. The SMILES string of the molecule is O=C(C[C@@H]1NC(=O)c2ccccc2NC1=O)Nc1nnc(CCc2ccccc2)s1. The molecule has 30 heavy (non-hydrogen) atoms. The van der Waals surface area contributed by atoms with Gasteiger partial charge in [0.2, 0.25) is 16.9 Å². The van der Waals surface area contributed by atoms with Crippen LogP contribution in [0.2, 0.25) is 0 Å². The third-order valence-corrected chi connectivity index (χ3v) is 5.52. The van der Waals surface area contributed by atoms with Gasteiger partial charge < -0.3 is 16.0 Å². The van der Waals surface area contributed by atoms with Crippen molar-refractivity contribution in [2.45, 2.75) is 25.3 Å². The third-order valence-electron chi connectivity index (χ3n) is 4.62. The van der Waals surface area contributed by atoms with Crippen molar-refractivity contribution in [1.82, 2.24) is 15.5 Å². The molecule has 4 rings (SSSR count). The van der Waals surface area contributed by atoms with Crippen molar-refractivity contribution < 1.29 is 14.4 Å². The van der Waals surface area contributed by atoms with E-state index < -0.39 is 23.8 Å². The lowest BCUT2D eigenvalue weighted by Crippen LogP contribution is -2.43. The highest BCUT2D eigenvalue weighted by Gasteiger charge is 2.29. The normalized spacial score (nSPS) is 15.5. The molecular formula is C21H19N5O3S. The van der Waals surface area contributed by atoms with Crippen LogP contribution in [0.1, 0.15) is 27.3 Å². The minimum Gasteiger partial charge on any atom is -0.340 e. The Morgan fingerprint density at radius 3 is 2.60 bits per heavy atom. The van der Waals surface area contributed by atoms with Crippen molar-refractivity contribution in [1.29, 1.82) is 0 Å². The number of carbonyl (C=O) groups is 3. The Balaban J connectivity index is 1.33. The Morgan fingerprint density at radius 2 is 1.77 bits per heavy atom. The first-order valence-corrected chi connectivity index (χ1v) is 10.3. The maximum atomic E-state index is 12.4. The van der Waals surface area contributed by atoms with Gasteiger partial charge in [0.05, 0.1) is 17.7 Å². The summed E-state index contributed by atoms with van der Waals surface area (Å²) in [5, 5.41) is 17.2. The van der Waals surface area contributed by atoms with Crippen LogP contribution >= 0.6 is 11.3 Å². The summed E-state index contributed by atoms with van der Waals surface area (Å²) < 4.78 is 0. The molecule has 0 fully saturated rings. The first-order chi connectivity index (χ1) is 14.6. The van der Waals surface area contributed by atoms with Gasteiger partial charge in [-0.3, -0.25) is 14.4 Å². The highest BCUT2D eigenvalue weighted by Crippen LogP contribution is 2.20. The van der Waals surface area contributed by atoms with Crippen molar-refractivity contribution in [2.75, 3.05) is 10.6 Å². The minimum atomic E-state index is -0.977. The Kier molecular flexibility index (Phi) is 5.80. The van der Waals surface area contributed by atoms with Gasteiger partial charge >= 0.3 is 0 Å². The fourth-order valence-electron chi connectivity index (χ4n) is 3.11. The number of fused-ring (bicyclic) bond motifs is 1. The van der Waals surface area contributed by atoms with E-state index in [9.17, 15) is 14.4 Å². The van der Waals surface area contributed by atoms with Crippen molar-refractivity contribution >= 4 is 39.9 Å². The summed E-state index contributed by atoms with van der Waals surface area (Å²) in [6, 6.07) is 15.8. The van der Waals surface area contributed by atoms with E-state index in [0.29, 0.717) is 16.4 Å². The molecule has 152 valence electrons. The van der Waals surface area contributed by atoms with E-state index in [1.165, 1.54) is 16.9 Å². The highest BCUT2D eigenvalue weighted by molar-refractivity contribution is 7.15. The number of aromatic nitrogens is 2. The molecule has 1 aliphatic rings. The standard InChI is InChI=1S/C21H19N5O3S/c27-17(12-16-20(29)22-15-9-5-4-8-14(15)19(28)23-16)24-21-26-25-18(30-21)11-10-13-6-2-1-3-7-13/h1-9,16H,10-12H2,(H,22,29)(H,23,28)(H,24,26,27)/t16-/m0/s1. The molecule has 2 aromatic carbocycles. The number of aryl methyl sites for hydroxylation is 2. The van der Waals surface area contributed by atoms with Gasteiger partial charge in [-0.15, -0.1) is 10.2 Å². The largest absolute Gasteiger partial charge is 0.340 e. The smallest absolute Gasteiger partial charge is 0.254 e. The van der Waals surface area contributed by atoms with Gasteiger partial charge in [0.25, 0.3) is 5.91 Å². The molecule has 0 bridgehead atoms. The predicted molar refractivity (Wildman–Crippen MR) is 113 cm³/mol. The van der Waals surface area contributed by atoms with E-state index in [0.717, 1.165) is 17.8 Å². The number of para-hydroxylation sites is 1. The fourth-order valence-corrected chi connectivity index (χ4v) is 3.87. The van der Waals surface area contributed by atoms with Crippen LogP contribution in [0.25, 0.3) is 0 Å². The van der Waals surface area contributed by atoms with E-state index in [-0.39, 0.29) is 6.42 Å². The molecule has 3 N–H and O–H groups in total. The summed E-state index contributed by atoms with van der Waals surface area (Å²) >= 11 is 1.30. The van der Waals surface area contributed by atoms with Crippen LogP contribution in [-0.2, 0) is 22.4 Å². The average Bonchev–Trinajstić information content (AvgIpc) is 3.15. The first-order valence-electron chi connectivity index (χ1n) is 9.45. The lowest BCUT2D eigenvalue weighted by atomic mass is 10.1. The van der Waals surface area contributed by atoms with Crippen LogP contribution in [0.5, 0.6) is 0 Å². The molecule has 9 heteroatoms. The zero-order valence-corrected chi connectivity index (χ0v) is 16.7. The van der Waals surface area contributed by atoms with Crippen LogP contribution in [0, 0.1) is 0 Å². The van der Waals surface area contributed by atoms with E-state index >= 15 is 0 Å².